The minimum atomic E-state index is -0.869. The molecule has 1 amide bonds. The van der Waals surface area contributed by atoms with Gasteiger partial charge in [-0.2, -0.15) is 0 Å². The molecule has 11 heteroatoms. The summed E-state index contributed by atoms with van der Waals surface area (Å²) in [5.74, 6) is -2.48. The maximum atomic E-state index is 13.8. The van der Waals surface area contributed by atoms with E-state index < -0.39 is 40.6 Å². The number of halogens is 1. The van der Waals surface area contributed by atoms with Crippen LogP contribution in [0.5, 0.6) is 0 Å². The van der Waals surface area contributed by atoms with E-state index in [1.165, 1.54) is 0 Å². The Hall–Kier alpha value is -4.15. The minimum Gasteiger partial charge on any atom is -0.456 e. The van der Waals surface area contributed by atoms with Crippen LogP contribution < -0.4 is 10.9 Å². The molecule has 1 aromatic heterocycles. The van der Waals surface area contributed by atoms with E-state index >= 15 is 0 Å². The predicted molar refractivity (Wildman–Crippen MR) is 122 cm³/mol. The third kappa shape index (κ3) is 6.00. The summed E-state index contributed by atoms with van der Waals surface area (Å²) in [7, 11) is 0. The van der Waals surface area contributed by atoms with E-state index in [9.17, 15) is 28.9 Å². The Kier molecular flexibility index (Phi) is 8.01. The molecular weight excluding hydrogens is 447 g/mol. The lowest BCUT2D eigenvalue weighted by atomic mass is 10.2. The molecular formula is C23H23FN4O6. The van der Waals surface area contributed by atoms with Gasteiger partial charge in [-0.05, 0) is 24.6 Å². The summed E-state index contributed by atoms with van der Waals surface area (Å²) in [4.78, 5) is 51.4. The van der Waals surface area contributed by atoms with Gasteiger partial charge < -0.3 is 14.6 Å². The van der Waals surface area contributed by atoms with Crippen molar-refractivity contribution in [1.82, 2.24) is 9.55 Å². The van der Waals surface area contributed by atoms with Crippen LogP contribution in [0.15, 0.2) is 47.3 Å². The van der Waals surface area contributed by atoms with Crippen LogP contribution in [0.2, 0.25) is 0 Å². The van der Waals surface area contributed by atoms with Gasteiger partial charge in [0, 0.05) is 25.1 Å². The lowest BCUT2D eigenvalue weighted by Crippen LogP contribution is -2.27. The van der Waals surface area contributed by atoms with Gasteiger partial charge in [0.1, 0.15) is 11.5 Å². The van der Waals surface area contributed by atoms with Crippen LogP contribution in [0.25, 0.3) is 11.0 Å². The van der Waals surface area contributed by atoms with Crippen LogP contribution in [0.3, 0.4) is 0 Å². The number of fused-ring (bicyclic) bond motifs is 1. The molecule has 178 valence electrons. The van der Waals surface area contributed by atoms with E-state index in [0.717, 1.165) is 36.6 Å². The number of carbonyl (C=O) groups is 2. The molecule has 0 unspecified atom stereocenters. The van der Waals surface area contributed by atoms with Gasteiger partial charge in [-0.1, -0.05) is 25.5 Å². The zero-order valence-electron chi connectivity index (χ0n) is 18.5. The van der Waals surface area contributed by atoms with Gasteiger partial charge in [0.05, 0.1) is 28.1 Å². The number of rotatable bonds is 10. The smallest absolute Gasteiger partial charge is 0.306 e. The van der Waals surface area contributed by atoms with Crippen molar-refractivity contribution in [3.8, 4) is 0 Å². The number of nitro groups is 1. The first kappa shape index (κ1) is 24.5. The maximum absolute atomic E-state index is 13.8. The van der Waals surface area contributed by atoms with Gasteiger partial charge in [0.25, 0.3) is 17.2 Å². The summed E-state index contributed by atoms with van der Waals surface area (Å²) in [6.45, 7) is 1.84. The molecule has 0 spiro atoms. The Morgan fingerprint density at radius 1 is 1.24 bits per heavy atom. The fraction of sp³-hybridized carbons (Fsp3) is 0.304. The number of anilines is 1. The van der Waals surface area contributed by atoms with Gasteiger partial charge in [0.2, 0.25) is 0 Å². The number of carbonyl (C=O) groups excluding carboxylic acids is 2. The molecule has 0 radical (unpaired) electrons. The van der Waals surface area contributed by atoms with Crippen molar-refractivity contribution in [2.45, 2.75) is 39.2 Å². The number of nitro benzene ring substituents is 1. The number of hydrogen-bond donors (Lipinski definition) is 1. The second-order valence-corrected chi connectivity index (χ2v) is 7.49. The van der Waals surface area contributed by atoms with Gasteiger partial charge in [-0.25, -0.2) is 9.37 Å². The van der Waals surface area contributed by atoms with Crippen molar-refractivity contribution in [3.63, 3.8) is 0 Å². The second kappa shape index (κ2) is 11.1. The van der Waals surface area contributed by atoms with Gasteiger partial charge >= 0.3 is 5.97 Å². The van der Waals surface area contributed by atoms with E-state index in [2.05, 4.69) is 10.3 Å². The number of ether oxygens (including phenoxy) is 1. The quantitative estimate of drug-likeness (QED) is 0.273. The Morgan fingerprint density at radius 3 is 2.74 bits per heavy atom. The summed E-state index contributed by atoms with van der Waals surface area (Å²) in [6, 6.07) is 9.92. The number of para-hydroxylation sites is 2. The van der Waals surface area contributed by atoms with E-state index in [1.54, 1.807) is 10.6 Å². The molecule has 0 aliphatic heterocycles. The molecule has 0 aliphatic rings. The average Bonchev–Trinajstić information content (AvgIpc) is 2.82. The van der Waals surface area contributed by atoms with Crippen LogP contribution in [-0.2, 0) is 27.3 Å². The summed E-state index contributed by atoms with van der Waals surface area (Å²) < 4.78 is 20.3. The largest absolute Gasteiger partial charge is 0.456 e. The highest BCUT2D eigenvalue weighted by Crippen LogP contribution is 2.21. The number of nitrogens with one attached hydrogen (secondary N) is 1. The maximum Gasteiger partial charge on any atom is 0.306 e. The average molecular weight is 470 g/mol. The van der Waals surface area contributed by atoms with Crippen LogP contribution in [0, 0.1) is 15.9 Å². The molecule has 0 aliphatic carbocycles. The van der Waals surface area contributed by atoms with Crippen LogP contribution in [-0.4, -0.2) is 33.0 Å². The molecule has 10 nitrogen and oxygen atoms in total. The summed E-state index contributed by atoms with van der Waals surface area (Å²) in [6.07, 6.45) is 1.56. The van der Waals surface area contributed by atoms with Gasteiger partial charge in [0.15, 0.2) is 6.61 Å². The standard InChI is InChI=1S/C23H23FN4O6/c1-2-3-12-27-20-7-5-4-6-17(20)25-18(23(27)31)10-11-22(30)34-14-21(29)26-19-13-15(28(32)33)8-9-16(19)24/h4-9,13H,2-3,10-12,14H2,1H3,(H,26,29). The van der Waals surface area contributed by atoms with Crippen molar-refractivity contribution in [2.75, 3.05) is 11.9 Å². The lowest BCUT2D eigenvalue weighted by molar-refractivity contribution is -0.384. The highest BCUT2D eigenvalue weighted by molar-refractivity contribution is 5.93. The molecule has 0 bridgehead atoms. The van der Waals surface area contributed by atoms with Crippen LogP contribution in [0.4, 0.5) is 15.8 Å². The van der Waals surface area contributed by atoms with Gasteiger partial charge in [-0.15, -0.1) is 0 Å². The summed E-state index contributed by atoms with van der Waals surface area (Å²) in [5.41, 5.74) is 0.496. The number of nitrogens with zero attached hydrogens (tertiary/aromatic N) is 3. The Bertz CT molecular complexity index is 1290. The first-order valence-corrected chi connectivity index (χ1v) is 10.7. The molecule has 3 aromatic rings. The third-order valence-electron chi connectivity index (χ3n) is 5.02. The normalized spacial score (nSPS) is 10.8. The fourth-order valence-electron chi connectivity index (χ4n) is 3.29. The zero-order chi connectivity index (χ0) is 24.7. The molecule has 0 atom stereocenters. The fourth-order valence-corrected chi connectivity index (χ4v) is 3.29. The van der Waals surface area contributed by atoms with Gasteiger partial charge in [-0.3, -0.25) is 24.5 Å². The van der Waals surface area contributed by atoms with Crippen molar-refractivity contribution >= 4 is 34.3 Å². The molecule has 0 saturated carbocycles. The number of non-ortho nitro benzene ring substituents is 1. The SMILES string of the molecule is CCCCn1c(=O)c(CCC(=O)OCC(=O)Nc2cc([N+](=O)[O-])ccc2F)nc2ccccc21. The second-order valence-electron chi connectivity index (χ2n) is 7.49. The van der Waals surface area contributed by atoms with E-state index in [4.69, 9.17) is 4.74 Å². The predicted octanol–water partition coefficient (Wildman–Crippen LogP) is 3.36. The molecule has 1 heterocycles. The Labute approximate surface area is 193 Å². The van der Waals surface area contributed by atoms with E-state index in [0.29, 0.717) is 12.1 Å². The summed E-state index contributed by atoms with van der Waals surface area (Å²) >= 11 is 0. The number of aromatic nitrogens is 2. The monoisotopic (exact) mass is 470 g/mol. The third-order valence-corrected chi connectivity index (χ3v) is 5.02. The first-order valence-electron chi connectivity index (χ1n) is 10.7. The van der Waals surface area contributed by atoms with Crippen molar-refractivity contribution in [1.29, 1.82) is 0 Å². The van der Waals surface area contributed by atoms with Crippen molar-refractivity contribution in [3.05, 3.63) is 74.4 Å². The number of benzene rings is 2. The first-order chi connectivity index (χ1) is 16.3. The molecule has 1 N–H and O–H groups in total. The number of amides is 1. The summed E-state index contributed by atoms with van der Waals surface area (Å²) in [5, 5.41) is 12.9. The molecule has 0 saturated heterocycles. The van der Waals surface area contributed by atoms with Crippen LogP contribution in [0.1, 0.15) is 31.9 Å². The van der Waals surface area contributed by atoms with Crippen molar-refractivity contribution < 1.29 is 23.6 Å². The van der Waals surface area contributed by atoms with E-state index in [-0.39, 0.29) is 24.1 Å². The minimum absolute atomic E-state index is 0.0236. The number of unbranched alkanes of at least 4 members (excludes halogenated alkanes) is 1. The van der Waals surface area contributed by atoms with Crippen LogP contribution >= 0.6 is 0 Å². The number of esters is 1. The molecule has 3 rings (SSSR count). The molecule has 2 aromatic carbocycles. The highest BCUT2D eigenvalue weighted by atomic mass is 19.1. The molecule has 34 heavy (non-hydrogen) atoms. The van der Waals surface area contributed by atoms with Crippen molar-refractivity contribution in [2.24, 2.45) is 0 Å². The number of aryl methyl sites for hydroxylation is 2. The zero-order valence-corrected chi connectivity index (χ0v) is 18.5. The lowest BCUT2D eigenvalue weighted by Gasteiger charge is -2.12. The Morgan fingerprint density at radius 2 is 2.00 bits per heavy atom. The Balaban J connectivity index is 1.61. The number of hydrogen-bond acceptors (Lipinski definition) is 7. The van der Waals surface area contributed by atoms with E-state index in [1.807, 2.05) is 25.1 Å². The topological polar surface area (TPSA) is 133 Å². The highest BCUT2D eigenvalue weighted by Gasteiger charge is 2.16. The molecule has 0 fully saturated rings.